The fourth-order valence-corrected chi connectivity index (χ4v) is 4.77. The predicted molar refractivity (Wildman–Crippen MR) is 122 cm³/mol. The van der Waals surface area contributed by atoms with E-state index in [0.29, 0.717) is 19.0 Å². The zero-order valence-corrected chi connectivity index (χ0v) is 18.8. The molecule has 1 aromatic heterocycles. The van der Waals surface area contributed by atoms with Crippen LogP contribution >= 0.6 is 22.6 Å². The van der Waals surface area contributed by atoms with Crippen molar-refractivity contribution in [2.45, 2.75) is 38.1 Å². The van der Waals surface area contributed by atoms with Crippen LogP contribution in [0.3, 0.4) is 0 Å². The van der Waals surface area contributed by atoms with Crippen molar-refractivity contribution in [3.8, 4) is 0 Å². The Morgan fingerprint density at radius 3 is 2.77 bits per heavy atom. The highest BCUT2D eigenvalue weighted by molar-refractivity contribution is 14.1. The summed E-state index contributed by atoms with van der Waals surface area (Å²) < 4.78 is 7.13. The lowest BCUT2D eigenvalue weighted by Crippen LogP contribution is -2.42. The number of aromatic amines is 2. The van der Waals surface area contributed by atoms with Gasteiger partial charge in [0.2, 0.25) is 0 Å². The molecule has 4 rings (SSSR count). The Bertz CT molecular complexity index is 1100. The number of H-pyrrole nitrogens is 2. The number of nitro benzene ring substituents is 1. The van der Waals surface area contributed by atoms with E-state index in [0.717, 1.165) is 34.1 Å². The smallest absolute Gasteiger partial charge is 0.340 e. The number of non-ortho nitro benzene ring substituents is 1. The number of hydrogen-bond acceptors (Lipinski definition) is 6. The van der Waals surface area contributed by atoms with Crippen molar-refractivity contribution in [3.05, 3.63) is 89.7 Å². The molecule has 0 spiro atoms. The van der Waals surface area contributed by atoms with Crippen molar-refractivity contribution in [1.29, 1.82) is 0 Å². The van der Waals surface area contributed by atoms with E-state index < -0.39 is 0 Å². The number of nitro groups is 1. The van der Waals surface area contributed by atoms with Gasteiger partial charge in [-0.1, -0.05) is 30.3 Å². The van der Waals surface area contributed by atoms with Crippen molar-refractivity contribution < 1.29 is 9.66 Å². The number of rotatable bonds is 7. The molecule has 9 nitrogen and oxygen atoms in total. The molecule has 2 aromatic carbocycles. The number of likely N-dealkylation sites (tertiary alicyclic amines) is 1. The molecule has 0 saturated carbocycles. The summed E-state index contributed by atoms with van der Waals surface area (Å²) in [7, 11) is 0. The number of halogens is 1. The minimum Gasteiger partial charge on any atom is -0.372 e. The second-order valence-electron chi connectivity index (χ2n) is 7.52. The third kappa shape index (κ3) is 5.38. The van der Waals surface area contributed by atoms with E-state index in [1.165, 1.54) is 0 Å². The van der Waals surface area contributed by atoms with Crippen molar-refractivity contribution in [2.75, 3.05) is 6.54 Å². The maximum atomic E-state index is 11.4. The van der Waals surface area contributed by atoms with Gasteiger partial charge in [-0.05, 0) is 59.2 Å². The maximum Gasteiger partial charge on any atom is 0.340 e. The molecule has 2 heterocycles. The van der Waals surface area contributed by atoms with E-state index in [-0.39, 0.29) is 28.4 Å². The van der Waals surface area contributed by atoms with Crippen LogP contribution in [0.4, 0.5) is 5.69 Å². The highest BCUT2D eigenvalue weighted by atomic mass is 127. The molecule has 1 aliphatic heterocycles. The minimum absolute atomic E-state index is 0.0204. The van der Waals surface area contributed by atoms with Gasteiger partial charge in [0.05, 0.1) is 30.2 Å². The molecule has 2 N–H and O–H groups in total. The van der Waals surface area contributed by atoms with Gasteiger partial charge in [0.1, 0.15) is 5.82 Å². The Balaban J connectivity index is 1.56. The van der Waals surface area contributed by atoms with Crippen LogP contribution in [0.2, 0.25) is 0 Å². The molecule has 0 unspecified atom stereocenters. The summed E-state index contributed by atoms with van der Waals surface area (Å²) in [4.78, 5) is 27.2. The Kier molecular flexibility index (Phi) is 6.78. The van der Waals surface area contributed by atoms with Crippen molar-refractivity contribution >= 4 is 28.3 Å². The molecule has 162 valence electrons. The molecular formula is C21H22IN5O4. The van der Waals surface area contributed by atoms with E-state index in [9.17, 15) is 14.9 Å². The second kappa shape index (κ2) is 9.71. The monoisotopic (exact) mass is 535 g/mol. The molecule has 1 saturated heterocycles. The molecule has 0 aliphatic carbocycles. The Morgan fingerprint density at radius 1 is 1.26 bits per heavy atom. The average molecular weight is 535 g/mol. The zero-order valence-electron chi connectivity index (χ0n) is 16.7. The summed E-state index contributed by atoms with van der Waals surface area (Å²) in [5, 5.41) is 17.7. The Labute approximate surface area is 192 Å². The van der Waals surface area contributed by atoms with E-state index in [1.54, 1.807) is 12.1 Å². The largest absolute Gasteiger partial charge is 0.372 e. The highest BCUT2D eigenvalue weighted by Crippen LogP contribution is 2.34. The number of ether oxygens (including phenoxy) is 1. The van der Waals surface area contributed by atoms with Gasteiger partial charge in [0.25, 0.3) is 5.69 Å². The molecule has 0 bridgehead atoms. The van der Waals surface area contributed by atoms with Gasteiger partial charge >= 0.3 is 5.69 Å². The molecule has 3 aromatic rings. The lowest BCUT2D eigenvalue weighted by Gasteiger charge is -2.41. The predicted octanol–water partition coefficient (Wildman–Crippen LogP) is 3.53. The molecular weight excluding hydrogens is 513 g/mol. The lowest BCUT2D eigenvalue weighted by atomic mass is 9.92. The molecule has 10 heteroatoms. The van der Waals surface area contributed by atoms with Gasteiger partial charge in [-0.2, -0.15) is 5.10 Å². The van der Waals surface area contributed by atoms with Gasteiger partial charge in [-0.25, -0.2) is 9.89 Å². The van der Waals surface area contributed by atoms with E-state index >= 15 is 0 Å². The summed E-state index contributed by atoms with van der Waals surface area (Å²) in [5.74, 6) is 0.583. The maximum absolute atomic E-state index is 11.4. The first-order valence-corrected chi connectivity index (χ1v) is 11.1. The van der Waals surface area contributed by atoms with E-state index in [1.807, 2.05) is 24.3 Å². The number of nitrogens with zero attached hydrogens (tertiary/aromatic N) is 3. The first-order valence-electron chi connectivity index (χ1n) is 9.97. The van der Waals surface area contributed by atoms with E-state index in [4.69, 9.17) is 4.74 Å². The summed E-state index contributed by atoms with van der Waals surface area (Å²) in [5.41, 5.74) is 1.65. The standard InChI is InChI=1S/C21H22IN5O4/c22-16-9-14(10-17(11-16)27(29)30)13-31-18-7-4-8-26(12-19-23-21(28)25-24-19)20(18)15-5-2-1-3-6-15/h1-3,5-6,9-11,18,20H,4,7-8,12-13H2,(H2,23,24,25,28)/t18-,20-/m0/s1. The Morgan fingerprint density at radius 2 is 2.06 bits per heavy atom. The average Bonchev–Trinajstić information content (AvgIpc) is 3.17. The van der Waals surface area contributed by atoms with Crippen LogP contribution in [0.1, 0.15) is 35.8 Å². The number of benzene rings is 2. The van der Waals surface area contributed by atoms with Gasteiger partial charge in [0.15, 0.2) is 0 Å². The fourth-order valence-electron chi connectivity index (χ4n) is 4.05. The third-order valence-corrected chi connectivity index (χ3v) is 5.96. The first kappa shape index (κ1) is 21.7. The SMILES string of the molecule is O=c1[nH]nc(CN2CCC[C@H](OCc3cc(I)cc([N+](=O)[O-])c3)[C@@H]2c2ccccc2)[nH]1. The minimum atomic E-state index is -0.384. The Hall–Kier alpha value is -2.57. The van der Waals surface area contributed by atoms with Crippen LogP contribution in [0.15, 0.2) is 53.3 Å². The van der Waals surface area contributed by atoms with Crippen LogP contribution < -0.4 is 5.69 Å². The second-order valence-corrected chi connectivity index (χ2v) is 8.76. The van der Waals surface area contributed by atoms with Crippen LogP contribution in [0.25, 0.3) is 0 Å². The summed E-state index contributed by atoms with van der Waals surface area (Å²) >= 11 is 2.08. The lowest BCUT2D eigenvalue weighted by molar-refractivity contribution is -0.385. The van der Waals surface area contributed by atoms with Crippen LogP contribution in [0, 0.1) is 13.7 Å². The van der Waals surface area contributed by atoms with Gasteiger partial charge < -0.3 is 4.74 Å². The van der Waals surface area contributed by atoms with Crippen LogP contribution in [-0.4, -0.2) is 37.7 Å². The summed E-state index contributed by atoms with van der Waals surface area (Å²) in [6.07, 6.45) is 1.72. The third-order valence-electron chi connectivity index (χ3n) is 5.34. The molecule has 2 atom stereocenters. The highest BCUT2D eigenvalue weighted by Gasteiger charge is 2.34. The molecule has 0 radical (unpaired) electrons. The van der Waals surface area contributed by atoms with Crippen molar-refractivity contribution in [3.63, 3.8) is 0 Å². The first-order chi connectivity index (χ1) is 15.0. The fraction of sp³-hybridized carbons (Fsp3) is 0.333. The van der Waals surface area contributed by atoms with Crippen molar-refractivity contribution in [2.24, 2.45) is 0 Å². The summed E-state index contributed by atoms with van der Waals surface area (Å²) in [6, 6.07) is 15.1. The topological polar surface area (TPSA) is 117 Å². The number of aromatic nitrogens is 3. The quantitative estimate of drug-likeness (QED) is 0.272. The number of piperidine rings is 1. The van der Waals surface area contributed by atoms with E-state index in [2.05, 4.69) is 54.8 Å². The van der Waals surface area contributed by atoms with Crippen molar-refractivity contribution in [1.82, 2.24) is 20.1 Å². The normalized spacial score (nSPS) is 19.4. The zero-order chi connectivity index (χ0) is 21.8. The number of nitrogens with one attached hydrogen (secondary N) is 2. The molecule has 0 amide bonds. The summed E-state index contributed by atoms with van der Waals surface area (Å²) in [6.45, 7) is 1.63. The van der Waals surface area contributed by atoms with Crippen LogP contribution in [-0.2, 0) is 17.9 Å². The van der Waals surface area contributed by atoms with Crippen LogP contribution in [0.5, 0.6) is 0 Å². The van der Waals surface area contributed by atoms with Gasteiger partial charge in [0, 0.05) is 15.7 Å². The van der Waals surface area contributed by atoms with Gasteiger partial charge in [-0.3, -0.25) is 20.0 Å². The molecule has 31 heavy (non-hydrogen) atoms. The van der Waals surface area contributed by atoms with Gasteiger partial charge in [-0.15, -0.1) is 0 Å². The molecule has 1 aliphatic rings. The number of hydrogen-bond donors (Lipinski definition) is 2. The molecule has 1 fully saturated rings.